The highest BCUT2D eigenvalue weighted by Crippen LogP contribution is 2.51. The Balaban J connectivity index is 1.15. The summed E-state index contributed by atoms with van der Waals surface area (Å²) in [6.45, 7) is 6.69. The molecule has 1 saturated heterocycles. The van der Waals surface area contributed by atoms with Gasteiger partial charge >= 0.3 is 0 Å². The minimum absolute atomic E-state index is 0.0193. The number of nitrogens with two attached hydrogens (primary N) is 3. The summed E-state index contributed by atoms with van der Waals surface area (Å²) in [6.07, 6.45) is 4.52. The molecule has 1 amide bonds. The van der Waals surface area contributed by atoms with Crippen molar-refractivity contribution in [2.24, 2.45) is 11.1 Å². The molecule has 2 aromatic heterocycles. The van der Waals surface area contributed by atoms with Gasteiger partial charge in [-0.2, -0.15) is 0 Å². The Morgan fingerprint density at radius 2 is 1.95 bits per heavy atom. The molecule has 3 aliphatic rings. The number of fused-ring (bicyclic) bond motifs is 2. The predicted octanol–water partition coefficient (Wildman–Crippen LogP) is 2.88. The quantitative estimate of drug-likeness (QED) is 0.461. The molecule has 1 fully saturated rings. The van der Waals surface area contributed by atoms with Crippen LogP contribution in [-0.4, -0.2) is 52.5 Å². The van der Waals surface area contributed by atoms with E-state index in [1.807, 2.05) is 6.07 Å². The van der Waals surface area contributed by atoms with Crippen LogP contribution in [-0.2, 0) is 18.4 Å². The second-order valence-corrected chi connectivity index (χ2v) is 12.5. The van der Waals surface area contributed by atoms with E-state index >= 15 is 0 Å². The molecule has 3 aromatic rings. The summed E-state index contributed by atoms with van der Waals surface area (Å²) in [4.78, 5) is 32.0. The zero-order valence-electron chi connectivity index (χ0n) is 22.0. The SMILES string of the molecule is COc1ccc2c(c1)[C@@H](N)C1(CCN(c3cnc(C(=O)N4Cc5sc(N)nc5C(C)(C)C4)c(N)n3)CC1)C2. The lowest BCUT2D eigenvalue weighted by Gasteiger charge is -2.42. The maximum Gasteiger partial charge on any atom is 0.276 e. The molecule has 38 heavy (non-hydrogen) atoms. The van der Waals surface area contributed by atoms with Crippen molar-refractivity contribution in [3.63, 3.8) is 0 Å². The molecule has 1 spiro atoms. The van der Waals surface area contributed by atoms with Crippen LogP contribution < -0.4 is 26.8 Å². The Labute approximate surface area is 226 Å². The van der Waals surface area contributed by atoms with E-state index in [1.54, 1.807) is 18.2 Å². The maximum atomic E-state index is 13.4. The topological polar surface area (TPSA) is 150 Å². The van der Waals surface area contributed by atoms with Crippen molar-refractivity contribution < 1.29 is 9.53 Å². The van der Waals surface area contributed by atoms with E-state index in [1.165, 1.54) is 22.5 Å². The molecule has 1 atom stereocenters. The average molecular weight is 535 g/mol. The van der Waals surface area contributed by atoms with Crippen molar-refractivity contribution in [3.05, 3.63) is 51.8 Å². The van der Waals surface area contributed by atoms with Crippen molar-refractivity contribution >= 4 is 34.0 Å². The van der Waals surface area contributed by atoms with Crippen molar-refractivity contribution in [2.45, 2.75) is 51.1 Å². The predicted molar refractivity (Wildman–Crippen MR) is 148 cm³/mol. The van der Waals surface area contributed by atoms with E-state index < -0.39 is 0 Å². The molecular formula is C27H34N8O2S. The molecule has 2 aliphatic heterocycles. The second kappa shape index (κ2) is 8.81. The minimum Gasteiger partial charge on any atom is -0.497 e. The lowest BCUT2D eigenvalue weighted by molar-refractivity contribution is 0.0682. The molecule has 1 aliphatic carbocycles. The molecule has 0 unspecified atom stereocenters. The second-order valence-electron chi connectivity index (χ2n) is 11.4. The molecule has 4 heterocycles. The van der Waals surface area contributed by atoms with Crippen LogP contribution in [0.25, 0.3) is 0 Å². The van der Waals surface area contributed by atoms with Gasteiger partial charge in [0.1, 0.15) is 11.6 Å². The highest BCUT2D eigenvalue weighted by atomic mass is 32.1. The Morgan fingerprint density at radius 3 is 2.66 bits per heavy atom. The van der Waals surface area contributed by atoms with Gasteiger partial charge in [-0.3, -0.25) is 4.79 Å². The first-order valence-corrected chi connectivity index (χ1v) is 13.8. The number of carbonyl (C=O) groups is 1. The standard InChI is InChI=1S/C27H34N8O2S/c1-26(2)14-35(13-18-22(26)33-25(30)38-18)24(36)20-23(29)32-19(12-31-20)34-8-6-27(7-9-34)11-15-4-5-16(37-3)10-17(15)21(27)28/h4-5,10,12,21H,6-9,11,13-14,28H2,1-3H3,(H2,29,32)(H2,30,33)/t21-/m1/s1. The number of nitrogen functional groups attached to an aromatic ring is 2. The molecule has 6 rings (SSSR count). The Morgan fingerprint density at radius 1 is 1.18 bits per heavy atom. The molecule has 200 valence electrons. The fraction of sp³-hybridized carbons (Fsp3) is 0.481. The van der Waals surface area contributed by atoms with Crippen molar-refractivity contribution in [1.29, 1.82) is 0 Å². The normalized spacial score (nSPS) is 21.3. The van der Waals surface area contributed by atoms with Crippen LogP contribution in [0.4, 0.5) is 16.8 Å². The number of thiazole rings is 1. The monoisotopic (exact) mass is 534 g/mol. The molecule has 10 nitrogen and oxygen atoms in total. The van der Waals surface area contributed by atoms with Gasteiger partial charge in [0.25, 0.3) is 5.91 Å². The average Bonchev–Trinajstić information content (AvgIpc) is 3.41. The van der Waals surface area contributed by atoms with E-state index in [9.17, 15) is 4.79 Å². The van der Waals surface area contributed by atoms with Gasteiger partial charge in [0, 0.05) is 36.0 Å². The first-order chi connectivity index (χ1) is 18.1. The third-order valence-electron chi connectivity index (χ3n) is 8.53. The number of piperidine rings is 1. The van der Waals surface area contributed by atoms with Crippen molar-refractivity contribution in [1.82, 2.24) is 19.9 Å². The number of methoxy groups -OCH3 is 1. The summed E-state index contributed by atoms with van der Waals surface area (Å²) in [7, 11) is 1.68. The fourth-order valence-corrected chi connectivity index (χ4v) is 7.46. The van der Waals surface area contributed by atoms with Gasteiger partial charge in [0.05, 0.1) is 25.5 Å². The van der Waals surface area contributed by atoms with Crippen LogP contribution in [0.1, 0.15) is 64.9 Å². The van der Waals surface area contributed by atoms with Gasteiger partial charge < -0.3 is 31.7 Å². The van der Waals surface area contributed by atoms with Gasteiger partial charge in [-0.05, 0) is 47.9 Å². The molecule has 0 radical (unpaired) electrons. The van der Waals surface area contributed by atoms with Crippen LogP contribution >= 0.6 is 11.3 Å². The van der Waals surface area contributed by atoms with Gasteiger partial charge in [-0.1, -0.05) is 19.9 Å². The fourth-order valence-electron chi connectivity index (χ4n) is 6.43. The number of anilines is 3. The number of hydrogen-bond donors (Lipinski definition) is 3. The zero-order chi connectivity index (χ0) is 26.8. The number of benzene rings is 1. The number of carbonyl (C=O) groups excluding carboxylic acids is 1. The Kier molecular flexibility index (Phi) is 5.76. The number of ether oxygens (including phenoxy) is 1. The van der Waals surface area contributed by atoms with Gasteiger partial charge in [-0.25, -0.2) is 15.0 Å². The van der Waals surface area contributed by atoms with E-state index in [0.29, 0.717) is 24.0 Å². The van der Waals surface area contributed by atoms with E-state index in [0.717, 1.165) is 48.7 Å². The van der Waals surface area contributed by atoms with Crippen LogP contribution in [0.15, 0.2) is 24.4 Å². The smallest absolute Gasteiger partial charge is 0.276 e. The largest absolute Gasteiger partial charge is 0.497 e. The Hall–Kier alpha value is -3.44. The number of rotatable bonds is 3. The molecule has 11 heteroatoms. The molecular weight excluding hydrogens is 500 g/mol. The molecule has 0 bridgehead atoms. The summed E-state index contributed by atoms with van der Waals surface area (Å²) in [5.41, 5.74) is 22.4. The van der Waals surface area contributed by atoms with Crippen molar-refractivity contribution in [3.8, 4) is 5.75 Å². The minimum atomic E-state index is -0.310. The third kappa shape index (κ3) is 3.95. The number of aromatic nitrogens is 3. The summed E-state index contributed by atoms with van der Waals surface area (Å²) < 4.78 is 5.42. The molecule has 1 aromatic carbocycles. The summed E-state index contributed by atoms with van der Waals surface area (Å²) in [5.74, 6) is 1.46. The first-order valence-electron chi connectivity index (χ1n) is 12.9. The number of hydrogen-bond acceptors (Lipinski definition) is 10. The Bertz CT molecular complexity index is 1410. The summed E-state index contributed by atoms with van der Waals surface area (Å²) in [5, 5.41) is 0.520. The lowest BCUT2D eigenvalue weighted by Crippen LogP contribution is -2.45. The third-order valence-corrected chi connectivity index (χ3v) is 9.39. The van der Waals surface area contributed by atoms with Crippen LogP contribution in [0.5, 0.6) is 5.75 Å². The molecule has 0 saturated carbocycles. The lowest BCUT2D eigenvalue weighted by atomic mass is 9.73. The maximum absolute atomic E-state index is 13.4. The number of nitrogens with zero attached hydrogens (tertiary/aromatic N) is 5. The van der Waals surface area contributed by atoms with E-state index in [-0.39, 0.29) is 34.3 Å². The van der Waals surface area contributed by atoms with Crippen molar-refractivity contribution in [2.75, 3.05) is 43.1 Å². The number of amides is 1. The van der Waals surface area contributed by atoms with Gasteiger partial charge in [0.2, 0.25) is 0 Å². The summed E-state index contributed by atoms with van der Waals surface area (Å²) in [6, 6.07) is 6.22. The molecule has 6 N–H and O–H groups in total. The summed E-state index contributed by atoms with van der Waals surface area (Å²) >= 11 is 1.42. The first kappa shape index (κ1) is 24.9. The van der Waals surface area contributed by atoms with E-state index in [2.05, 4.69) is 45.8 Å². The zero-order valence-corrected chi connectivity index (χ0v) is 22.8. The van der Waals surface area contributed by atoms with Crippen LogP contribution in [0.3, 0.4) is 0 Å². The van der Waals surface area contributed by atoms with Gasteiger partial charge in [0.15, 0.2) is 16.6 Å². The van der Waals surface area contributed by atoms with Gasteiger partial charge in [-0.15, -0.1) is 11.3 Å². The highest BCUT2D eigenvalue weighted by Gasteiger charge is 2.46. The highest BCUT2D eigenvalue weighted by molar-refractivity contribution is 7.15. The van der Waals surface area contributed by atoms with E-state index in [4.69, 9.17) is 21.9 Å². The van der Waals surface area contributed by atoms with Crippen LogP contribution in [0, 0.1) is 5.41 Å². The van der Waals surface area contributed by atoms with Crippen LogP contribution in [0.2, 0.25) is 0 Å².